The maximum atomic E-state index is 11.7. The van der Waals surface area contributed by atoms with Gasteiger partial charge in [-0.1, -0.05) is 13.8 Å². The standard InChI is InChI=1S/C12H26N2O2/c1-6-8-14(9-7-2)10-12(3,13-4)11(15)16-5/h13H,6-10H2,1-5H3. The summed E-state index contributed by atoms with van der Waals surface area (Å²) in [6, 6.07) is 0. The van der Waals surface area contributed by atoms with E-state index in [1.807, 2.05) is 6.92 Å². The van der Waals surface area contributed by atoms with Gasteiger partial charge in [0.25, 0.3) is 0 Å². The highest BCUT2D eigenvalue weighted by molar-refractivity contribution is 5.80. The van der Waals surface area contributed by atoms with Crippen molar-refractivity contribution >= 4 is 5.97 Å². The monoisotopic (exact) mass is 230 g/mol. The number of esters is 1. The van der Waals surface area contributed by atoms with Gasteiger partial charge in [-0.2, -0.15) is 0 Å². The molecule has 1 N–H and O–H groups in total. The second kappa shape index (κ2) is 7.63. The lowest BCUT2D eigenvalue weighted by atomic mass is 10.0. The van der Waals surface area contributed by atoms with Crippen LogP contribution in [0.3, 0.4) is 0 Å². The van der Waals surface area contributed by atoms with Crippen molar-refractivity contribution in [3.63, 3.8) is 0 Å². The summed E-state index contributed by atoms with van der Waals surface area (Å²) in [5.74, 6) is -0.202. The van der Waals surface area contributed by atoms with Crippen LogP contribution in [0.2, 0.25) is 0 Å². The van der Waals surface area contributed by atoms with Crippen molar-refractivity contribution in [2.75, 3.05) is 33.8 Å². The number of hydrogen-bond donors (Lipinski definition) is 1. The van der Waals surface area contributed by atoms with Crippen LogP contribution in [-0.2, 0) is 9.53 Å². The van der Waals surface area contributed by atoms with Gasteiger partial charge in [0.1, 0.15) is 5.54 Å². The van der Waals surface area contributed by atoms with E-state index >= 15 is 0 Å². The Bertz CT molecular complexity index is 203. The summed E-state index contributed by atoms with van der Waals surface area (Å²) >= 11 is 0. The summed E-state index contributed by atoms with van der Waals surface area (Å²) in [6.07, 6.45) is 2.20. The van der Waals surface area contributed by atoms with Gasteiger partial charge in [-0.05, 0) is 39.9 Å². The molecule has 4 nitrogen and oxygen atoms in total. The largest absolute Gasteiger partial charge is 0.468 e. The number of ether oxygens (including phenoxy) is 1. The van der Waals surface area contributed by atoms with Crippen LogP contribution in [-0.4, -0.2) is 50.2 Å². The average Bonchev–Trinajstić information content (AvgIpc) is 2.28. The quantitative estimate of drug-likeness (QED) is 0.637. The van der Waals surface area contributed by atoms with Gasteiger partial charge in [-0.3, -0.25) is 4.79 Å². The van der Waals surface area contributed by atoms with E-state index in [-0.39, 0.29) is 5.97 Å². The topological polar surface area (TPSA) is 41.6 Å². The minimum absolute atomic E-state index is 0.202. The number of methoxy groups -OCH3 is 1. The van der Waals surface area contributed by atoms with E-state index in [1.165, 1.54) is 7.11 Å². The van der Waals surface area contributed by atoms with Gasteiger partial charge in [0.2, 0.25) is 0 Å². The Morgan fingerprint density at radius 1 is 1.31 bits per heavy atom. The highest BCUT2D eigenvalue weighted by atomic mass is 16.5. The van der Waals surface area contributed by atoms with Crippen LogP contribution in [0.15, 0.2) is 0 Å². The van der Waals surface area contributed by atoms with Gasteiger partial charge in [-0.25, -0.2) is 0 Å². The molecule has 1 unspecified atom stereocenters. The zero-order valence-corrected chi connectivity index (χ0v) is 11.3. The van der Waals surface area contributed by atoms with Gasteiger partial charge in [-0.15, -0.1) is 0 Å². The number of nitrogens with zero attached hydrogens (tertiary/aromatic N) is 1. The summed E-state index contributed by atoms with van der Waals surface area (Å²) in [5.41, 5.74) is -0.612. The summed E-state index contributed by atoms with van der Waals surface area (Å²) in [7, 11) is 3.23. The molecule has 0 bridgehead atoms. The Labute approximate surface area is 99.3 Å². The highest BCUT2D eigenvalue weighted by Gasteiger charge is 2.34. The van der Waals surface area contributed by atoms with Crippen molar-refractivity contribution in [1.82, 2.24) is 10.2 Å². The van der Waals surface area contributed by atoms with Crippen LogP contribution in [0.1, 0.15) is 33.6 Å². The zero-order valence-electron chi connectivity index (χ0n) is 11.3. The Morgan fingerprint density at radius 2 is 1.81 bits per heavy atom. The van der Waals surface area contributed by atoms with Crippen LogP contribution in [0, 0.1) is 0 Å². The molecule has 0 aromatic carbocycles. The van der Waals surface area contributed by atoms with Crippen molar-refractivity contribution in [2.45, 2.75) is 39.2 Å². The van der Waals surface area contributed by atoms with E-state index in [4.69, 9.17) is 4.74 Å². The second-order valence-corrected chi connectivity index (χ2v) is 4.35. The summed E-state index contributed by atoms with van der Waals surface area (Å²) < 4.78 is 4.84. The lowest BCUT2D eigenvalue weighted by molar-refractivity contribution is -0.148. The Balaban J connectivity index is 4.51. The molecule has 16 heavy (non-hydrogen) atoms. The lowest BCUT2D eigenvalue weighted by Gasteiger charge is -2.32. The predicted octanol–water partition coefficient (Wildman–Crippen LogP) is 1.26. The van der Waals surface area contributed by atoms with Gasteiger partial charge < -0.3 is 15.0 Å². The molecule has 1 atom stereocenters. The second-order valence-electron chi connectivity index (χ2n) is 4.35. The van der Waals surface area contributed by atoms with Crippen LogP contribution in [0.4, 0.5) is 0 Å². The first-order valence-corrected chi connectivity index (χ1v) is 6.03. The van der Waals surface area contributed by atoms with Crippen molar-refractivity contribution in [2.24, 2.45) is 0 Å². The van der Waals surface area contributed by atoms with E-state index < -0.39 is 5.54 Å². The molecule has 0 heterocycles. The van der Waals surface area contributed by atoms with Crippen LogP contribution >= 0.6 is 0 Å². The maximum absolute atomic E-state index is 11.7. The fourth-order valence-electron chi connectivity index (χ4n) is 1.82. The highest BCUT2D eigenvalue weighted by Crippen LogP contribution is 2.09. The summed E-state index contributed by atoms with van der Waals surface area (Å²) in [5, 5.41) is 3.06. The minimum atomic E-state index is -0.612. The van der Waals surface area contributed by atoms with Crippen molar-refractivity contribution in [3.8, 4) is 0 Å². The van der Waals surface area contributed by atoms with Crippen molar-refractivity contribution < 1.29 is 9.53 Å². The fraction of sp³-hybridized carbons (Fsp3) is 0.917. The molecular formula is C12H26N2O2. The molecule has 0 radical (unpaired) electrons. The first-order chi connectivity index (χ1) is 7.53. The molecule has 0 aliphatic rings. The molecule has 0 aliphatic carbocycles. The maximum Gasteiger partial charge on any atom is 0.327 e. The third-order valence-corrected chi connectivity index (χ3v) is 2.81. The molecule has 0 aromatic rings. The Hall–Kier alpha value is -0.610. The van der Waals surface area contributed by atoms with Crippen LogP contribution in [0.5, 0.6) is 0 Å². The predicted molar refractivity (Wildman–Crippen MR) is 66.5 cm³/mol. The van der Waals surface area contributed by atoms with Gasteiger partial charge >= 0.3 is 5.97 Å². The van der Waals surface area contributed by atoms with E-state index in [2.05, 4.69) is 24.1 Å². The van der Waals surface area contributed by atoms with E-state index in [0.717, 1.165) is 25.9 Å². The van der Waals surface area contributed by atoms with Gasteiger partial charge in [0, 0.05) is 6.54 Å². The summed E-state index contributed by atoms with van der Waals surface area (Å²) in [6.45, 7) is 8.91. The van der Waals surface area contributed by atoms with Crippen molar-refractivity contribution in [1.29, 1.82) is 0 Å². The molecule has 96 valence electrons. The van der Waals surface area contributed by atoms with E-state index in [0.29, 0.717) is 6.54 Å². The first-order valence-electron chi connectivity index (χ1n) is 6.03. The van der Waals surface area contributed by atoms with E-state index in [9.17, 15) is 4.79 Å². The molecule has 0 rings (SSSR count). The molecule has 0 fully saturated rings. The lowest BCUT2D eigenvalue weighted by Crippen LogP contribution is -2.56. The Kier molecular flexibility index (Phi) is 7.34. The number of nitrogens with one attached hydrogen (secondary N) is 1. The minimum Gasteiger partial charge on any atom is -0.468 e. The molecule has 0 saturated heterocycles. The number of carbonyl (C=O) groups excluding carboxylic acids is 1. The SMILES string of the molecule is CCCN(CCC)CC(C)(NC)C(=O)OC. The molecule has 0 amide bonds. The number of carbonyl (C=O) groups is 1. The number of hydrogen-bond acceptors (Lipinski definition) is 4. The molecule has 0 spiro atoms. The van der Waals surface area contributed by atoms with Crippen LogP contribution in [0.25, 0.3) is 0 Å². The smallest absolute Gasteiger partial charge is 0.327 e. The third kappa shape index (κ3) is 4.49. The molecule has 0 aromatic heterocycles. The van der Waals surface area contributed by atoms with Crippen LogP contribution < -0.4 is 5.32 Å². The molecule has 0 saturated carbocycles. The van der Waals surface area contributed by atoms with Crippen molar-refractivity contribution in [3.05, 3.63) is 0 Å². The molecule has 0 aliphatic heterocycles. The van der Waals surface area contributed by atoms with E-state index in [1.54, 1.807) is 7.05 Å². The van der Waals surface area contributed by atoms with Gasteiger partial charge in [0.15, 0.2) is 0 Å². The first kappa shape index (κ1) is 15.4. The third-order valence-electron chi connectivity index (χ3n) is 2.81. The summed E-state index contributed by atoms with van der Waals surface area (Å²) in [4.78, 5) is 14.0. The zero-order chi connectivity index (χ0) is 12.6. The fourth-order valence-corrected chi connectivity index (χ4v) is 1.82. The molecular weight excluding hydrogens is 204 g/mol. The average molecular weight is 230 g/mol. The Morgan fingerprint density at radius 3 is 2.12 bits per heavy atom. The normalized spacial score (nSPS) is 14.9. The molecule has 4 heteroatoms. The van der Waals surface area contributed by atoms with Gasteiger partial charge in [0.05, 0.1) is 7.11 Å². The number of rotatable bonds is 8. The number of likely N-dealkylation sites (N-methyl/N-ethyl adjacent to an activating group) is 1.